The maximum absolute atomic E-state index is 9.57. The van der Waals surface area contributed by atoms with Gasteiger partial charge in [-0.25, -0.2) is 0 Å². The number of carbonyl (C=O) groups is 1. The highest BCUT2D eigenvalue weighted by Gasteiger charge is 1.99. The van der Waals surface area contributed by atoms with Crippen LogP contribution >= 0.6 is 0 Å². The molecule has 0 aromatic rings. The third-order valence-corrected chi connectivity index (χ3v) is 0.390. The van der Waals surface area contributed by atoms with E-state index in [4.69, 9.17) is 10.8 Å². The molecule has 0 saturated carbocycles. The van der Waals surface area contributed by atoms with E-state index in [9.17, 15) is 4.79 Å². The Kier molecular flexibility index (Phi) is 9.29. The van der Waals surface area contributed by atoms with Crippen LogP contribution in [-0.4, -0.2) is 17.1 Å². The summed E-state index contributed by atoms with van der Waals surface area (Å²) in [6.07, 6.45) is 1.25. The van der Waals surface area contributed by atoms with Crippen molar-refractivity contribution >= 4 is 5.97 Å². The monoisotopic (exact) mass is 133 g/mol. The molecule has 3 heteroatoms. The van der Waals surface area contributed by atoms with Crippen LogP contribution in [0.15, 0.2) is 0 Å². The molecule has 56 valence electrons. The first-order chi connectivity index (χ1) is 4.06. The van der Waals surface area contributed by atoms with Gasteiger partial charge in [-0.1, -0.05) is 20.3 Å². The maximum atomic E-state index is 9.57. The summed E-state index contributed by atoms with van der Waals surface area (Å²) >= 11 is 0. The van der Waals surface area contributed by atoms with Crippen LogP contribution in [0, 0.1) is 0 Å². The van der Waals surface area contributed by atoms with Gasteiger partial charge in [-0.15, -0.1) is 0 Å². The summed E-state index contributed by atoms with van der Waals surface area (Å²) in [6, 6.07) is -0.731. The topological polar surface area (TPSA) is 63.3 Å². The Balaban J connectivity index is 0. The van der Waals surface area contributed by atoms with E-state index in [2.05, 4.69) is 13.8 Å². The van der Waals surface area contributed by atoms with Gasteiger partial charge in [0.2, 0.25) is 0 Å². The second kappa shape index (κ2) is 7.43. The summed E-state index contributed by atoms with van der Waals surface area (Å²) < 4.78 is 0. The van der Waals surface area contributed by atoms with Crippen LogP contribution in [0.4, 0.5) is 0 Å². The molecule has 0 amide bonds. The zero-order chi connectivity index (χ0) is 7.86. The SMILES string of the molecule is CC(N)C(=O)O.CCC. The Morgan fingerprint density at radius 3 is 1.78 bits per heavy atom. The third kappa shape index (κ3) is 18.6. The van der Waals surface area contributed by atoms with Crippen LogP contribution in [0.2, 0.25) is 0 Å². The summed E-state index contributed by atoms with van der Waals surface area (Å²) in [5.41, 5.74) is 4.84. The summed E-state index contributed by atoms with van der Waals surface area (Å²) in [5, 5.41) is 7.87. The molecule has 0 bridgehead atoms. The number of carboxylic acids is 1. The fourth-order valence-electron chi connectivity index (χ4n) is 0. The number of nitrogens with two attached hydrogens (primary N) is 1. The lowest BCUT2D eigenvalue weighted by Crippen LogP contribution is -2.25. The molecular weight excluding hydrogens is 118 g/mol. The first kappa shape index (κ1) is 11.3. The van der Waals surface area contributed by atoms with Crippen LogP contribution in [-0.2, 0) is 4.79 Å². The average Bonchev–Trinajstić information content (AvgIpc) is 1.68. The van der Waals surface area contributed by atoms with Gasteiger partial charge in [0, 0.05) is 0 Å². The molecular formula is C6H15NO2. The molecule has 3 nitrogen and oxygen atoms in total. The minimum absolute atomic E-state index is 0.731. The van der Waals surface area contributed by atoms with E-state index in [-0.39, 0.29) is 0 Å². The number of rotatable bonds is 1. The molecule has 0 saturated heterocycles. The molecule has 0 aliphatic rings. The molecule has 1 atom stereocenters. The number of aliphatic carboxylic acids is 1. The molecule has 0 rings (SSSR count). The summed E-state index contributed by atoms with van der Waals surface area (Å²) in [6.45, 7) is 5.67. The van der Waals surface area contributed by atoms with Crippen molar-refractivity contribution in [2.45, 2.75) is 33.2 Å². The molecule has 0 fully saturated rings. The molecule has 0 aromatic carbocycles. The Morgan fingerprint density at radius 2 is 1.78 bits per heavy atom. The zero-order valence-electron chi connectivity index (χ0n) is 6.22. The van der Waals surface area contributed by atoms with E-state index in [1.54, 1.807) is 0 Å². The quantitative estimate of drug-likeness (QED) is 0.557. The molecule has 0 spiro atoms. The largest absolute Gasteiger partial charge is 0.480 e. The third-order valence-electron chi connectivity index (χ3n) is 0.390. The van der Waals surface area contributed by atoms with Crippen molar-refractivity contribution in [3.63, 3.8) is 0 Å². The molecule has 0 aliphatic carbocycles. The van der Waals surface area contributed by atoms with E-state index in [1.807, 2.05) is 0 Å². The molecule has 0 radical (unpaired) electrons. The van der Waals surface area contributed by atoms with Gasteiger partial charge in [0.25, 0.3) is 0 Å². The molecule has 0 aromatic heterocycles. The van der Waals surface area contributed by atoms with E-state index >= 15 is 0 Å². The molecule has 0 heterocycles. The smallest absolute Gasteiger partial charge is 0.320 e. The van der Waals surface area contributed by atoms with Gasteiger partial charge in [-0.2, -0.15) is 0 Å². The van der Waals surface area contributed by atoms with E-state index in [0.29, 0.717) is 0 Å². The highest BCUT2D eigenvalue weighted by molar-refractivity contribution is 5.72. The lowest BCUT2D eigenvalue weighted by molar-refractivity contribution is -0.138. The maximum Gasteiger partial charge on any atom is 0.320 e. The van der Waals surface area contributed by atoms with Gasteiger partial charge in [0.05, 0.1) is 0 Å². The predicted octanol–water partition coefficient (Wildman–Crippen LogP) is 0.834. The normalized spacial score (nSPS) is 11.1. The first-order valence-corrected chi connectivity index (χ1v) is 3.04. The predicted molar refractivity (Wildman–Crippen MR) is 37.3 cm³/mol. The first-order valence-electron chi connectivity index (χ1n) is 3.04. The highest BCUT2D eigenvalue weighted by Crippen LogP contribution is 1.68. The zero-order valence-corrected chi connectivity index (χ0v) is 6.22. The van der Waals surface area contributed by atoms with Crippen molar-refractivity contribution in [3.8, 4) is 0 Å². The molecule has 1 unspecified atom stereocenters. The Morgan fingerprint density at radius 1 is 1.67 bits per heavy atom. The number of carboxylic acid groups (broad SMARTS) is 1. The van der Waals surface area contributed by atoms with Crippen LogP contribution in [0.5, 0.6) is 0 Å². The minimum atomic E-state index is -0.963. The highest BCUT2D eigenvalue weighted by atomic mass is 16.4. The summed E-state index contributed by atoms with van der Waals surface area (Å²) in [5.74, 6) is -0.963. The van der Waals surface area contributed by atoms with Crippen molar-refractivity contribution < 1.29 is 9.90 Å². The fraction of sp³-hybridized carbons (Fsp3) is 0.833. The second-order valence-corrected chi connectivity index (χ2v) is 1.83. The standard InChI is InChI=1S/C3H7NO2.C3H8/c1-2(4)3(5)6;1-3-2/h2H,4H2,1H3,(H,5,6);3H2,1-2H3. The van der Waals surface area contributed by atoms with Crippen molar-refractivity contribution in [3.05, 3.63) is 0 Å². The van der Waals surface area contributed by atoms with Crippen molar-refractivity contribution in [2.24, 2.45) is 5.73 Å². The Hall–Kier alpha value is -0.570. The van der Waals surface area contributed by atoms with Gasteiger partial charge in [0.15, 0.2) is 0 Å². The molecule has 3 N–H and O–H groups in total. The van der Waals surface area contributed by atoms with Gasteiger partial charge >= 0.3 is 5.97 Å². The van der Waals surface area contributed by atoms with Crippen molar-refractivity contribution in [2.75, 3.05) is 0 Å². The summed E-state index contributed by atoms with van der Waals surface area (Å²) in [7, 11) is 0. The molecule has 9 heavy (non-hydrogen) atoms. The number of hydrogen-bond donors (Lipinski definition) is 2. The van der Waals surface area contributed by atoms with Crippen LogP contribution in [0.25, 0.3) is 0 Å². The van der Waals surface area contributed by atoms with Gasteiger partial charge < -0.3 is 10.8 Å². The molecule has 0 aliphatic heterocycles. The Labute approximate surface area is 55.9 Å². The van der Waals surface area contributed by atoms with Crippen molar-refractivity contribution in [1.29, 1.82) is 0 Å². The number of hydrogen-bond acceptors (Lipinski definition) is 2. The summed E-state index contributed by atoms with van der Waals surface area (Å²) in [4.78, 5) is 9.57. The van der Waals surface area contributed by atoms with Gasteiger partial charge in [-0.05, 0) is 6.92 Å². The van der Waals surface area contributed by atoms with E-state index in [0.717, 1.165) is 0 Å². The lowest BCUT2D eigenvalue weighted by Gasteiger charge is -1.90. The van der Waals surface area contributed by atoms with Crippen LogP contribution < -0.4 is 5.73 Å². The fourth-order valence-corrected chi connectivity index (χ4v) is 0. The van der Waals surface area contributed by atoms with Gasteiger partial charge in [0.1, 0.15) is 6.04 Å². The lowest BCUT2D eigenvalue weighted by atomic mass is 10.4. The second-order valence-electron chi connectivity index (χ2n) is 1.83. The minimum Gasteiger partial charge on any atom is -0.480 e. The van der Waals surface area contributed by atoms with Gasteiger partial charge in [-0.3, -0.25) is 4.79 Å². The van der Waals surface area contributed by atoms with Crippen LogP contribution in [0.1, 0.15) is 27.2 Å². The Bertz CT molecular complexity index is 71.5. The van der Waals surface area contributed by atoms with Crippen LogP contribution in [0.3, 0.4) is 0 Å². The van der Waals surface area contributed by atoms with E-state index in [1.165, 1.54) is 13.3 Å². The van der Waals surface area contributed by atoms with Crippen molar-refractivity contribution in [1.82, 2.24) is 0 Å². The van der Waals surface area contributed by atoms with E-state index < -0.39 is 12.0 Å². The average molecular weight is 133 g/mol.